The third kappa shape index (κ3) is 2.64. The number of aromatic nitrogens is 2. The smallest absolute Gasteiger partial charge is 0.221 e. The SMILES string of the molecule is CS(=O)(=O)c1nc(Cl)c(Cl)c(I)n1. The molecule has 0 aliphatic carbocycles. The Labute approximate surface area is 98.7 Å². The van der Waals surface area contributed by atoms with Crippen molar-refractivity contribution in [3.8, 4) is 0 Å². The van der Waals surface area contributed by atoms with Gasteiger partial charge < -0.3 is 0 Å². The Morgan fingerprint density at radius 3 is 2.23 bits per heavy atom. The van der Waals surface area contributed by atoms with Gasteiger partial charge in [0.15, 0.2) is 5.15 Å². The van der Waals surface area contributed by atoms with Gasteiger partial charge in [-0.1, -0.05) is 23.2 Å². The van der Waals surface area contributed by atoms with Crippen LogP contribution in [0.2, 0.25) is 10.2 Å². The van der Waals surface area contributed by atoms with Crippen LogP contribution in [0.25, 0.3) is 0 Å². The fourth-order valence-corrected chi connectivity index (χ4v) is 2.17. The van der Waals surface area contributed by atoms with Gasteiger partial charge in [0.2, 0.25) is 15.0 Å². The first-order valence-electron chi connectivity index (χ1n) is 2.91. The Balaban J connectivity index is 3.47. The summed E-state index contributed by atoms with van der Waals surface area (Å²) >= 11 is 13.0. The average Bonchev–Trinajstić information content (AvgIpc) is 1.97. The van der Waals surface area contributed by atoms with E-state index in [1.165, 1.54) is 0 Å². The van der Waals surface area contributed by atoms with Crippen LogP contribution in [-0.4, -0.2) is 24.6 Å². The van der Waals surface area contributed by atoms with Crippen LogP contribution in [0.4, 0.5) is 0 Å². The van der Waals surface area contributed by atoms with Crippen molar-refractivity contribution in [2.24, 2.45) is 0 Å². The molecule has 8 heteroatoms. The van der Waals surface area contributed by atoms with Crippen LogP contribution in [0.15, 0.2) is 5.16 Å². The fraction of sp³-hybridized carbons (Fsp3) is 0.200. The maximum Gasteiger partial charge on any atom is 0.249 e. The monoisotopic (exact) mass is 352 g/mol. The zero-order valence-corrected chi connectivity index (χ0v) is 10.7. The molecule has 0 saturated carbocycles. The van der Waals surface area contributed by atoms with Gasteiger partial charge in [-0.2, -0.15) is 0 Å². The van der Waals surface area contributed by atoms with Crippen molar-refractivity contribution in [2.45, 2.75) is 5.16 Å². The summed E-state index contributed by atoms with van der Waals surface area (Å²) in [6.45, 7) is 0. The maximum absolute atomic E-state index is 11.0. The predicted molar refractivity (Wildman–Crippen MR) is 57.9 cm³/mol. The molecule has 0 aromatic carbocycles. The summed E-state index contributed by atoms with van der Waals surface area (Å²) in [5.74, 6) is 0. The van der Waals surface area contributed by atoms with E-state index in [0.29, 0.717) is 3.70 Å². The average molecular weight is 353 g/mol. The van der Waals surface area contributed by atoms with E-state index >= 15 is 0 Å². The molecule has 1 heterocycles. The molecule has 0 N–H and O–H groups in total. The van der Waals surface area contributed by atoms with Crippen molar-refractivity contribution in [3.05, 3.63) is 13.9 Å². The molecule has 0 saturated heterocycles. The second kappa shape index (κ2) is 3.84. The minimum atomic E-state index is -3.43. The van der Waals surface area contributed by atoms with E-state index in [1.54, 1.807) is 22.6 Å². The van der Waals surface area contributed by atoms with Crippen molar-refractivity contribution in [3.63, 3.8) is 0 Å². The Bertz CT molecular complexity index is 425. The molecular weight excluding hydrogens is 350 g/mol. The number of hydrogen-bond acceptors (Lipinski definition) is 4. The molecule has 0 fully saturated rings. The lowest BCUT2D eigenvalue weighted by Gasteiger charge is -2.00. The topological polar surface area (TPSA) is 59.9 Å². The lowest BCUT2D eigenvalue weighted by Crippen LogP contribution is -2.05. The predicted octanol–water partition coefficient (Wildman–Crippen LogP) is 1.79. The van der Waals surface area contributed by atoms with Crippen molar-refractivity contribution in [1.29, 1.82) is 0 Å². The molecule has 72 valence electrons. The highest BCUT2D eigenvalue weighted by atomic mass is 127. The summed E-state index contributed by atoms with van der Waals surface area (Å²) in [4.78, 5) is 7.21. The van der Waals surface area contributed by atoms with Crippen molar-refractivity contribution < 1.29 is 8.42 Å². The first-order chi connectivity index (χ1) is 5.82. The van der Waals surface area contributed by atoms with Gasteiger partial charge in [0.05, 0.1) is 0 Å². The van der Waals surface area contributed by atoms with Gasteiger partial charge in [-0.05, 0) is 22.6 Å². The molecule has 0 unspecified atom stereocenters. The van der Waals surface area contributed by atoms with E-state index in [9.17, 15) is 8.42 Å². The third-order valence-electron chi connectivity index (χ3n) is 1.08. The summed E-state index contributed by atoms with van der Waals surface area (Å²) in [5, 5.41) is -0.206. The summed E-state index contributed by atoms with van der Waals surface area (Å²) < 4.78 is 22.4. The fourth-order valence-electron chi connectivity index (χ4n) is 0.542. The normalized spacial score (nSPS) is 11.7. The lowest BCUT2D eigenvalue weighted by molar-refractivity contribution is 0.592. The largest absolute Gasteiger partial charge is 0.249 e. The van der Waals surface area contributed by atoms with Crippen molar-refractivity contribution >= 4 is 55.6 Å². The molecule has 0 bridgehead atoms. The molecule has 0 radical (unpaired) electrons. The van der Waals surface area contributed by atoms with Gasteiger partial charge in [0, 0.05) is 6.26 Å². The summed E-state index contributed by atoms with van der Waals surface area (Å²) in [6, 6.07) is 0. The minimum absolute atomic E-state index is 0.0542. The van der Waals surface area contributed by atoms with Gasteiger partial charge >= 0.3 is 0 Å². The molecule has 4 nitrogen and oxygen atoms in total. The Hall–Kier alpha value is 0.340. The van der Waals surface area contributed by atoms with E-state index in [2.05, 4.69) is 9.97 Å². The summed E-state index contributed by atoms with van der Waals surface area (Å²) in [7, 11) is -3.43. The first kappa shape index (κ1) is 11.4. The lowest BCUT2D eigenvalue weighted by atomic mass is 10.7. The maximum atomic E-state index is 11.0. The number of hydrogen-bond donors (Lipinski definition) is 0. The Morgan fingerprint density at radius 2 is 1.85 bits per heavy atom. The van der Waals surface area contributed by atoms with Crippen LogP contribution in [-0.2, 0) is 9.84 Å². The summed E-state index contributed by atoms with van der Waals surface area (Å²) in [5.41, 5.74) is 0. The van der Waals surface area contributed by atoms with Crippen LogP contribution >= 0.6 is 45.8 Å². The van der Waals surface area contributed by atoms with E-state index in [1.807, 2.05) is 0 Å². The number of nitrogens with zero attached hydrogens (tertiary/aromatic N) is 2. The number of halogens is 3. The number of sulfone groups is 1. The zero-order chi connectivity index (χ0) is 10.2. The molecule has 0 aliphatic heterocycles. The van der Waals surface area contributed by atoms with E-state index in [4.69, 9.17) is 23.2 Å². The summed E-state index contributed by atoms with van der Waals surface area (Å²) in [6.07, 6.45) is 1.00. The molecule has 0 amide bonds. The van der Waals surface area contributed by atoms with Crippen LogP contribution in [0.3, 0.4) is 0 Å². The van der Waals surface area contributed by atoms with Crippen LogP contribution in [0, 0.1) is 3.70 Å². The van der Waals surface area contributed by atoms with Crippen LogP contribution in [0.1, 0.15) is 0 Å². The van der Waals surface area contributed by atoms with Gasteiger partial charge in [0.25, 0.3) is 0 Å². The molecule has 1 aromatic rings. The third-order valence-corrected chi connectivity index (χ3v) is 3.76. The van der Waals surface area contributed by atoms with E-state index in [0.717, 1.165) is 6.26 Å². The molecule has 1 rings (SSSR count). The Morgan fingerprint density at radius 1 is 1.31 bits per heavy atom. The quantitative estimate of drug-likeness (QED) is 0.439. The van der Waals surface area contributed by atoms with Gasteiger partial charge in [-0.3, -0.25) is 0 Å². The van der Waals surface area contributed by atoms with Crippen LogP contribution < -0.4 is 0 Å². The molecule has 0 atom stereocenters. The minimum Gasteiger partial charge on any atom is -0.221 e. The highest BCUT2D eigenvalue weighted by molar-refractivity contribution is 14.1. The highest BCUT2D eigenvalue weighted by Gasteiger charge is 2.16. The second-order valence-corrected chi connectivity index (χ2v) is 5.84. The Kier molecular flexibility index (Phi) is 3.37. The number of rotatable bonds is 1. The highest BCUT2D eigenvalue weighted by Crippen LogP contribution is 2.24. The van der Waals surface area contributed by atoms with E-state index in [-0.39, 0.29) is 15.3 Å². The van der Waals surface area contributed by atoms with Crippen molar-refractivity contribution in [1.82, 2.24) is 9.97 Å². The van der Waals surface area contributed by atoms with Crippen molar-refractivity contribution in [2.75, 3.05) is 6.26 Å². The molecule has 13 heavy (non-hydrogen) atoms. The van der Waals surface area contributed by atoms with E-state index < -0.39 is 9.84 Å². The van der Waals surface area contributed by atoms with Gasteiger partial charge in [-0.15, -0.1) is 0 Å². The van der Waals surface area contributed by atoms with Crippen LogP contribution in [0.5, 0.6) is 0 Å². The second-order valence-electron chi connectivity index (χ2n) is 2.17. The molecule has 1 aromatic heterocycles. The molecule has 0 aliphatic rings. The standard InChI is InChI=1S/C5H3Cl2IN2O2S/c1-13(11,12)5-9-3(7)2(6)4(8)10-5/h1H3. The molecular formula is C5H3Cl2IN2O2S. The van der Waals surface area contributed by atoms with Gasteiger partial charge in [-0.25, -0.2) is 18.4 Å². The zero-order valence-electron chi connectivity index (χ0n) is 6.25. The molecule has 0 spiro atoms. The first-order valence-corrected chi connectivity index (χ1v) is 6.63. The van der Waals surface area contributed by atoms with Gasteiger partial charge in [0.1, 0.15) is 8.72 Å².